The molecule has 3 rings (SSSR count). The number of amides is 1. The van der Waals surface area contributed by atoms with E-state index in [4.69, 9.17) is 0 Å². The molecule has 0 saturated carbocycles. The van der Waals surface area contributed by atoms with Gasteiger partial charge < -0.3 is 10.2 Å². The van der Waals surface area contributed by atoms with Gasteiger partial charge in [-0.15, -0.1) is 0 Å². The summed E-state index contributed by atoms with van der Waals surface area (Å²) in [6.45, 7) is 2.44. The lowest BCUT2D eigenvalue weighted by atomic mass is 10.0. The van der Waals surface area contributed by atoms with Gasteiger partial charge in [0.05, 0.1) is 5.56 Å². The van der Waals surface area contributed by atoms with Gasteiger partial charge in [0.1, 0.15) is 17.8 Å². The zero-order chi connectivity index (χ0) is 15.7. The van der Waals surface area contributed by atoms with Crippen LogP contribution in [-0.2, 0) is 0 Å². The molecule has 1 heterocycles. The Morgan fingerprint density at radius 2 is 1.95 bits per heavy atom. The quantitative estimate of drug-likeness (QED) is 0.931. The Balaban J connectivity index is 2.07. The summed E-state index contributed by atoms with van der Waals surface area (Å²) in [4.78, 5) is 14.2. The summed E-state index contributed by atoms with van der Waals surface area (Å²) in [6, 6.07) is 10.6. The number of carbonyl (C=O) groups is 1. The minimum Gasteiger partial charge on any atom is -0.361 e. The lowest BCUT2D eigenvalue weighted by molar-refractivity contribution is 0.0680. The predicted molar refractivity (Wildman–Crippen MR) is 80.5 cm³/mol. The fourth-order valence-electron chi connectivity index (χ4n) is 2.73. The van der Waals surface area contributed by atoms with Crippen LogP contribution in [0.2, 0.25) is 0 Å². The van der Waals surface area contributed by atoms with E-state index in [0.29, 0.717) is 17.8 Å². The summed E-state index contributed by atoms with van der Waals surface area (Å²) in [7, 11) is 0. The summed E-state index contributed by atoms with van der Waals surface area (Å²) in [5.41, 5.74) is 1.49. The molecule has 0 saturated heterocycles. The molecule has 0 aromatic heterocycles. The number of fused-ring (bicyclic) bond motifs is 1. The van der Waals surface area contributed by atoms with Crippen molar-refractivity contribution in [1.82, 2.24) is 4.90 Å². The van der Waals surface area contributed by atoms with E-state index >= 15 is 0 Å². The van der Waals surface area contributed by atoms with E-state index in [-0.39, 0.29) is 11.5 Å². The molecule has 114 valence electrons. The molecular weight excluding hydrogens is 286 g/mol. The number of anilines is 1. The van der Waals surface area contributed by atoms with Crippen LogP contribution in [0.15, 0.2) is 42.5 Å². The van der Waals surface area contributed by atoms with Crippen LogP contribution in [0, 0.1) is 11.6 Å². The first-order valence-electron chi connectivity index (χ1n) is 7.23. The third-order valence-corrected chi connectivity index (χ3v) is 3.74. The van der Waals surface area contributed by atoms with Crippen molar-refractivity contribution in [3.63, 3.8) is 0 Å². The second-order valence-electron chi connectivity index (χ2n) is 5.26. The molecule has 1 amide bonds. The fourth-order valence-corrected chi connectivity index (χ4v) is 2.73. The smallest absolute Gasteiger partial charge is 0.257 e. The second kappa shape index (κ2) is 5.75. The highest BCUT2D eigenvalue weighted by Crippen LogP contribution is 2.34. The van der Waals surface area contributed by atoms with Crippen molar-refractivity contribution in [2.45, 2.75) is 19.5 Å². The van der Waals surface area contributed by atoms with Crippen LogP contribution >= 0.6 is 0 Å². The SMILES string of the molecule is CCCN1C(=O)c2ccccc2N[C@@H]1c1ccc(F)cc1F. The number of hydrogen-bond donors (Lipinski definition) is 1. The van der Waals surface area contributed by atoms with Crippen LogP contribution in [-0.4, -0.2) is 17.4 Å². The normalized spacial score (nSPS) is 17.1. The van der Waals surface area contributed by atoms with E-state index in [2.05, 4.69) is 5.32 Å². The minimum absolute atomic E-state index is 0.148. The van der Waals surface area contributed by atoms with Crippen LogP contribution in [0.25, 0.3) is 0 Å². The van der Waals surface area contributed by atoms with Crippen molar-refractivity contribution in [2.24, 2.45) is 0 Å². The maximum Gasteiger partial charge on any atom is 0.257 e. The number of para-hydroxylation sites is 1. The molecule has 2 aromatic rings. The van der Waals surface area contributed by atoms with Crippen molar-refractivity contribution < 1.29 is 13.6 Å². The first kappa shape index (κ1) is 14.5. The molecule has 0 radical (unpaired) electrons. The average molecular weight is 302 g/mol. The number of carbonyl (C=O) groups excluding carboxylic acids is 1. The Hall–Kier alpha value is -2.43. The van der Waals surface area contributed by atoms with Gasteiger partial charge in [0.2, 0.25) is 0 Å². The fraction of sp³-hybridized carbons (Fsp3) is 0.235. The Labute approximate surface area is 127 Å². The molecule has 0 spiro atoms. The summed E-state index contributed by atoms with van der Waals surface area (Å²) in [6.07, 6.45) is 0.109. The first-order chi connectivity index (χ1) is 10.6. The molecule has 22 heavy (non-hydrogen) atoms. The third kappa shape index (κ3) is 2.43. The predicted octanol–water partition coefficient (Wildman–Crippen LogP) is 3.94. The number of nitrogens with one attached hydrogen (secondary N) is 1. The second-order valence-corrected chi connectivity index (χ2v) is 5.26. The van der Waals surface area contributed by atoms with Crippen molar-refractivity contribution >= 4 is 11.6 Å². The topological polar surface area (TPSA) is 32.3 Å². The zero-order valence-corrected chi connectivity index (χ0v) is 12.1. The zero-order valence-electron chi connectivity index (χ0n) is 12.1. The number of halogens is 2. The van der Waals surface area contributed by atoms with Gasteiger partial charge in [0.25, 0.3) is 5.91 Å². The van der Waals surface area contributed by atoms with E-state index < -0.39 is 17.8 Å². The molecule has 0 bridgehead atoms. The van der Waals surface area contributed by atoms with Gasteiger partial charge in [0.15, 0.2) is 0 Å². The van der Waals surface area contributed by atoms with Crippen molar-refractivity contribution in [1.29, 1.82) is 0 Å². The summed E-state index contributed by atoms with van der Waals surface area (Å²) in [5, 5.41) is 3.18. The Bertz CT molecular complexity index is 718. The lowest BCUT2D eigenvalue weighted by Crippen LogP contribution is -2.43. The van der Waals surface area contributed by atoms with Crippen LogP contribution in [0.5, 0.6) is 0 Å². The maximum absolute atomic E-state index is 14.1. The first-order valence-corrected chi connectivity index (χ1v) is 7.23. The monoisotopic (exact) mass is 302 g/mol. The Morgan fingerprint density at radius 1 is 1.18 bits per heavy atom. The van der Waals surface area contributed by atoms with Gasteiger partial charge in [-0.25, -0.2) is 8.78 Å². The molecule has 1 aliphatic heterocycles. The van der Waals surface area contributed by atoms with Gasteiger partial charge in [-0.05, 0) is 30.7 Å². The van der Waals surface area contributed by atoms with Crippen molar-refractivity contribution in [3.05, 3.63) is 65.2 Å². The van der Waals surface area contributed by atoms with Crippen LogP contribution in [0.3, 0.4) is 0 Å². The molecular formula is C17H16F2N2O. The number of rotatable bonds is 3. The largest absolute Gasteiger partial charge is 0.361 e. The van der Waals surface area contributed by atoms with Gasteiger partial charge in [-0.2, -0.15) is 0 Å². The van der Waals surface area contributed by atoms with Crippen molar-refractivity contribution in [3.8, 4) is 0 Å². The summed E-state index contributed by atoms with van der Waals surface area (Å²) >= 11 is 0. The summed E-state index contributed by atoms with van der Waals surface area (Å²) in [5.74, 6) is -1.44. The van der Waals surface area contributed by atoms with E-state index in [1.165, 1.54) is 12.1 Å². The minimum atomic E-state index is -0.661. The Kier molecular flexibility index (Phi) is 3.79. The van der Waals surface area contributed by atoms with Gasteiger partial charge >= 0.3 is 0 Å². The van der Waals surface area contributed by atoms with E-state index in [0.717, 1.165) is 12.5 Å². The highest BCUT2D eigenvalue weighted by molar-refractivity contribution is 6.01. The van der Waals surface area contributed by atoms with Crippen LogP contribution < -0.4 is 5.32 Å². The van der Waals surface area contributed by atoms with E-state index in [1.54, 1.807) is 23.1 Å². The van der Waals surface area contributed by atoms with Crippen LogP contribution in [0.4, 0.5) is 14.5 Å². The molecule has 2 aromatic carbocycles. The van der Waals surface area contributed by atoms with Crippen molar-refractivity contribution in [2.75, 3.05) is 11.9 Å². The molecule has 0 aliphatic carbocycles. The molecule has 0 unspecified atom stereocenters. The molecule has 3 nitrogen and oxygen atoms in total. The molecule has 1 aliphatic rings. The van der Waals surface area contributed by atoms with Crippen LogP contribution in [0.1, 0.15) is 35.4 Å². The standard InChI is InChI=1S/C17H16F2N2O/c1-2-9-21-16(12-8-7-11(18)10-14(12)19)20-15-6-4-3-5-13(15)17(21)22/h3-8,10,16,20H,2,9H2,1H3/t16-/m0/s1. The van der Waals surface area contributed by atoms with E-state index in [1.807, 2.05) is 13.0 Å². The Morgan fingerprint density at radius 3 is 2.68 bits per heavy atom. The average Bonchev–Trinajstić information content (AvgIpc) is 2.50. The number of hydrogen-bond acceptors (Lipinski definition) is 2. The molecule has 0 fully saturated rings. The van der Waals surface area contributed by atoms with Gasteiger partial charge in [-0.1, -0.05) is 19.1 Å². The summed E-state index contributed by atoms with van der Waals surface area (Å²) < 4.78 is 27.3. The third-order valence-electron chi connectivity index (χ3n) is 3.74. The van der Waals surface area contributed by atoms with Gasteiger partial charge in [-0.3, -0.25) is 4.79 Å². The number of benzene rings is 2. The molecule has 1 N–H and O–H groups in total. The van der Waals surface area contributed by atoms with E-state index in [9.17, 15) is 13.6 Å². The highest BCUT2D eigenvalue weighted by atomic mass is 19.1. The lowest BCUT2D eigenvalue weighted by Gasteiger charge is -2.38. The highest BCUT2D eigenvalue weighted by Gasteiger charge is 2.33. The molecule has 5 heteroatoms. The maximum atomic E-state index is 14.1. The van der Waals surface area contributed by atoms with Gasteiger partial charge in [0, 0.05) is 23.9 Å². The number of nitrogens with zero attached hydrogens (tertiary/aromatic N) is 1. The molecule has 1 atom stereocenters.